The fourth-order valence-corrected chi connectivity index (χ4v) is 1.38. The van der Waals surface area contributed by atoms with Crippen molar-refractivity contribution < 1.29 is 4.52 Å². The number of hydrogen-bond donors (Lipinski definition) is 1. The second kappa shape index (κ2) is 5.07. The number of hydrogen-bond acceptors (Lipinski definition) is 6. The third-order valence-corrected chi connectivity index (χ3v) is 2.14. The van der Waals surface area contributed by atoms with E-state index in [1.165, 1.54) is 0 Å². The Hall–Kier alpha value is -2.42. The monoisotopic (exact) mass is 229 g/mol. The number of aromatic nitrogens is 3. The maximum absolute atomic E-state index is 8.84. The number of anilines is 1. The Morgan fingerprint density at radius 1 is 1.53 bits per heavy atom. The van der Waals surface area contributed by atoms with Gasteiger partial charge in [0.15, 0.2) is 11.5 Å². The van der Waals surface area contributed by atoms with Crippen LogP contribution in [0.15, 0.2) is 22.9 Å². The number of nitrogens with zero attached hydrogens (tertiary/aromatic N) is 4. The van der Waals surface area contributed by atoms with Crippen molar-refractivity contribution in [3.8, 4) is 6.07 Å². The summed E-state index contributed by atoms with van der Waals surface area (Å²) >= 11 is 0. The van der Waals surface area contributed by atoms with E-state index in [-0.39, 0.29) is 0 Å². The smallest absolute Gasteiger partial charge is 0.228 e. The van der Waals surface area contributed by atoms with Gasteiger partial charge in [0.05, 0.1) is 5.69 Å². The molecular formula is C11H11N5O. The Morgan fingerprint density at radius 2 is 2.41 bits per heavy atom. The summed E-state index contributed by atoms with van der Waals surface area (Å²) in [5, 5.41) is 15.7. The first-order valence-corrected chi connectivity index (χ1v) is 5.18. The topological polar surface area (TPSA) is 87.6 Å². The molecule has 86 valence electrons. The largest absolute Gasteiger partial charge is 0.382 e. The Bertz CT molecular complexity index is 543. The molecule has 6 heteroatoms. The second-order valence-electron chi connectivity index (χ2n) is 3.42. The molecule has 17 heavy (non-hydrogen) atoms. The average Bonchev–Trinajstić information content (AvgIpc) is 2.76. The number of aryl methyl sites for hydroxylation is 1. The molecule has 0 amide bonds. The Kier molecular flexibility index (Phi) is 3.31. The minimum Gasteiger partial charge on any atom is -0.382 e. The van der Waals surface area contributed by atoms with E-state index in [1.54, 1.807) is 19.2 Å². The molecule has 1 N–H and O–H groups in total. The number of nitrogens with one attached hydrogen (secondary N) is 1. The summed E-state index contributed by atoms with van der Waals surface area (Å²) in [4.78, 5) is 8.04. The van der Waals surface area contributed by atoms with Crippen molar-refractivity contribution >= 4 is 5.69 Å². The van der Waals surface area contributed by atoms with Crippen molar-refractivity contribution in [1.29, 1.82) is 5.26 Å². The van der Waals surface area contributed by atoms with E-state index >= 15 is 0 Å². The van der Waals surface area contributed by atoms with Gasteiger partial charge in [-0.25, -0.2) is 4.98 Å². The van der Waals surface area contributed by atoms with Crippen LogP contribution in [0.5, 0.6) is 0 Å². The van der Waals surface area contributed by atoms with Gasteiger partial charge in [-0.2, -0.15) is 10.2 Å². The molecule has 0 radical (unpaired) electrons. The van der Waals surface area contributed by atoms with Gasteiger partial charge < -0.3 is 9.84 Å². The van der Waals surface area contributed by atoms with E-state index in [2.05, 4.69) is 20.4 Å². The van der Waals surface area contributed by atoms with E-state index in [9.17, 15) is 0 Å². The van der Waals surface area contributed by atoms with Gasteiger partial charge in [-0.15, -0.1) is 0 Å². The molecule has 2 aromatic rings. The molecule has 0 spiro atoms. The van der Waals surface area contributed by atoms with Crippen LogP contribution >= 0.6 is 0 Å². The Balaban J connectivity index is 1.92. The molecule has 0 bridgehead atoms. The lowest BCUT2D eigenvalue weighted by Gasteiger charge is -2.04. The third-order valence-electron chi connectivity index (χ3n) is 2.14. The van der Waals surface area contributed by atoms with Crippen LogP contribution in [0.25, 0.3) is 0 Å². The van der Waals surface area contributed by atoms with Crippen LogP contribution < -0.4 is 5.32 Å². The van der Waals surface area contributed by atoms with Crippen LogP contribution in [0.3, 0.4) is 0 Å². The zero-order valence-electron chi connectivity index (χ0n) is 9.34. The third kappa shape index (κ3) is 2.78. The maximum atomic E-state index is 8.84. The van der Waals surface area contributed by atoms with E-state index in [1.807, 2.05) is 12.1 Å². The summed E-state index contributed by atoms with van der Waals surface area (Å²) < 4.78 is 4.98. The van der Waals surface area contributed by atoms with Gasteiger partial charge in [0.2, 0.25) is 5.89 Å². The molecule has 0 atom stereocenters. The van der Waals surface area contributed by atoms with Gasteiger partial charge in [0.25, 0.3) is 0 Å². The van der Waals surface area contributed by atoms with Crippen molar-refractivity contribution in [3.63, 3.8) is 0 Å². The van der Waals surface area contributed by atoms with E-state index in [0.29, 0.717) is 36.1 Å². The first kappa shape index (κ1) is 11.1. The van der Waals surface area contributed by atoms with Crippen LogP contribution in [0.4, 0.5) is 5.69 Å². The molecule has 0 aromatic carbocycles. The number of pyridine rings is 1. The SMILES string of the molecule is Cc1noc(CCNc2cccnc2C#N)n1. The summed E-state index contributed by atoms with van der Waals surface area (Å²) in [6.45, 7) is 2.39. The zero-order valence-corrected chi connectivity index (χ0v) is 9.34. The Morgan fingerprint density at radius 3 is 3.12 bits per heavy atom. The average molecular weight is 229 g/mol. The molecule has 0 unspecified atom stereocenters. The maximum Gasteiger partial charge on any atom is 0.228 e. The summed E-state index contributed by atoms with van der Waals surface area (Å²) in [6, 6.07) is 5.61. The van der Waals surface area contributed by atoms with E-state index in [0.717, 1.165) is 0 Å². The van der Waals surface area contributed by atoms with E-state index in [4.69, 9.17) is 9.78 Å². The zero-order chi connectivity index (χ0) is 12.1. The summed E-state index contributed by atoms with van der Waals surface area (Å²) in [5.41, 5.74) is 1.10. The molecule has 0 aliphatic carbocycles. The second-order valence-corrected chi connectivity index (χ2v) is 3.42. The first-order valence-electron chi connectivity index (χ1n) is 5.18. The number of rotatable bonds is 4. The van der Waals surface area contributed by atoms with Gasteiger partial charge in [-0.1, -0.05) is 5.16 Å². The lowest BCUT2D eigenvalue weighted by molar-refractivity contribution is 0.377. The van der Waals surface area contributed by atoms with Gasteiger partial charge in [-0.3, -0.25) is 0 Å². The lowest BCUT2D eigenvalue weighted by Crippen LogP contribution is -2.07. The molecule has 2 rings (SSSR count). The molecule has 0 aliphatic heterocycles. The highest BCUT2D eigenvalue weighted by Crippen LogP contribution is 2.10. The van der Waals surface area contributed by atoms with Crippen LogP contribution in [-0.2, 0) is 6.42 Å². The Labute approximate surface area is 98.3 Å². The van der Waals surface area contributed by atoms with E-state index < -0.39 is 0 Å². The molecule has 2 aromatic heterocycles. The highest BCUT2D eigenvalue weighted by atomic mass is 16.5. The summed E-state index contributed by atoms with van der Waals surface area (Å²) in [7, 11) is 0. The first-order chi connectivity index (χ1) is 8.29. The van der Waals surface area contributed by atoms with Crippen molar-refractivity contribution in [2.75, 3.05) is 11.9 Å². The van der Waals surface area contributed by atoms with Crippen LogP contribution in [0, 0.1) is 18.3 Å². The molecule has 0 saturated heterocycles. The molecule has 2 heterocycles. The van der Waals surface area contributed by atoms with Gasteiger partial charge in [0.1, 0.15) is 6.07 Å². The highest BCUT2D eigenvalue weighted by molar-refractivity contribution is 5.53. The van der Waals surface area contributed by atoms with Crippen LogP contribution in [0.1, 0.15) is 17.4 Å². The summed E-state index contributed by atoms with van der Waals surface area (Å²) in [6.07, 6.45) is 2.20. The van der Waals surface area contributed by atoms with Crippen LogP contribution in [-0.4, -0.2) is 21.7 Å². The van der Waals surface area contributed by atoms with Gasteiger partial charge >= 0.3 is 0 Å². The van der Waals surface area contributed by atoms with Gasteiger partial charge in [-0.05, 0) is 19.1 Å². The standard InChI is InChI=1S/C11H11N5O/c1-8-15-11(17-16-8)4-6-14-9-3-2-5-13-10(9)7-12/h2-3,5,14H,4,6H2,1H3. The summed E-state index contributed by atoms with van der Waals surface area (Å²) in [5.74, 6) is 1.21. The minimum absolute atomic E-state index is 0.384. The van der Waals surface area contributed by atoms with Crippen molar-refractivity contribution in [1.82, 2.24) is 15.1 Å². The number of nitriles is 1. The molecule has 6 nitrogen and oxygen atoms in total. The fourth-order valence-electron chi connectivity index (χ4n) is 1.38. The quantitative estimate of drug-likeness (QED) is 0.850. The predicted molar refractivity (Wildman–Crippen MR) is 60.2 cm³/mol. The molecule has 0 fully saturated rings. The van der Waals surface area contributed by atoms with Crippen molar-refractivity contribution in [3.05, 3.63) is 35.7 Å². The normalized spacial score (nSPS) is 9.88. The van der Waals surface area contributed by atoms with Crippen LogP contribution in [0.2, 0.25) is 0 Å². The molecular weight excluding hydrogens is 218 g/mol. The molecule has 0 aliphatic rings. The molecule has 0 saturated carbocycles. The van der Waals surface area contributed by atoms with Gasteiger partial charge in [0, 0.05) is 19.2 Å². The lowest BCUT2D eigenvalue weighted by atomic mass is 10.3. The fraction of sp³-hybridized carbons (Fsp3) is 0.273. The van der Waals surface area contributed by atoms with Crippen molar-refractivity contribution in [2.24, 2.45) is 0 Å². The predicted octanol–water partition coefficient (Wildman–Crippen LogP) is 1.30. The highest BCUT2D eigenvalue weighted by Gasteiger charge is 2.04. The minimum atomic E-state index is 0.384. The van der Waals surface area contributed by atoms with Crippen molar-refractivity contribution in [2.45, 2.75) is 13.3 Å².